The summed E-state index contributed by atoms with van der Waals surface area (Å²) in [6.07, 6.45) is -1.51. The molecule has 6 heteroatoms. The van der Waals surface area contributed by atoms with Gasteiger partial charge in [-0.3, -0.25) is 0 Å². The number of carbonyl (C=O) groups is 1. The summed E-state index contributed by atoms with van der Waals surface area (Å²) in [6, 6.07) is 3.86. The predicted molar refractivity (Wildman–Crippen MR) is 53.5 cm³/mol. The number of carboxylic acid groups (broad SMARTS) is 1. The van der Waals surface area contributed by atoms with Crippen LogP contribution in [0.25, 0.3) is 0 Å². The zero-order valence-electron chi connectivity index (χ0n) is 7.58. The van der Waals surface area contributed by atoms with Crippen molar-refractivity contribution in [2.45, 2.75) is 6.10 Å². The Morgan fingerprint density at radius 2 is 2.27 bits per heavy atom. The Kier molecular flexibility index (Phi) is 3.88. The molecule has 0 aliphatic carbocycles. The summed E-state index contributed by atoms with van der Waals surface area (Å²) < 4.78 is 12.7. The summed E-state index contributed by atoms with van der Waals surface area (Å²) in [5, 5.41) is 19.9. The summed E-state index contributed by atoms with van der Waals surface area (Å²) in [4.78, 5) is 10.3. The molecule has 0 aliphatic heterocycles. The highest BCUT2D eigenvalue weighted by Crippen LogP contribution is 2.19. The summed E-state index contributed by atoms with van der Waals surface area (Å²) in [6.45, 7) is -0.169. The van der Waals surface area contributed by atoms with Crippen molar-refractivity contribution in [1.29, 1.82) is 0 Å². The van der Waals surface area contributed by atoms with Gasteiger partial charge in [0, 0.05) is 5.69 Å². The number of aliphatic carboxylic acids is 1. The van der Waals surface area contributed by atoms with Gasteiger partial charge in [-0.25, -0.2) is 9.18 Å². The summed E-state index contributed by atoms with van der Waals surface area (Å²) in [5.41, 5.74) is 0.446. The van der Waals surface area contributed by atoms with Gasteiger partial charge in [0.25, 0.3) is 0 Å². The van der Waals surface area contributed by atoms with Crippen LogP contribution in [0.4, 0.5) is 10.1 Å². The van der Waals surface area contributed by atoms with E-state index >= 15 is 0 Å². The van der Waals surface area contributed by atoms with E-state index in [-0.39, 0.29) is 11.6 Å². The minimum absolute atomic E-state index is 0.0650. The zero-order valence-corrected chi connectivity index (χ0v) is 8.33. The lowest BCUT2D eigenvalue weighted by Gasteiger charge is -2.09. The molecule has 0 saturated carbocycles. The number of benzene rings is 1. The number of aliphatic hydroxyl groups is 1. The fraction of sp³-hybridized carbons (Fsp3) is 0.222. The van der Waals surface area contributed by atoms with Crippen LogP contribution in [-0.4, -0.2) is 28.8 Å². The van der Waals surface area contributed by atoms with E-state index in [4.69, 9.17) is 21.8 Å². The molecule has 1 rings (SSSR count). The fourth-order valence-corrected chi connectivity index (χ4v) is 1.09. The number of halogens is 2. The Morgan fingerprint density at radius 3 is 2.80 bits per heavy atom. The monoisotopic (exact) mass is 233 g/mol. The lowest BCUT2D eigenvalue weighted by atomic mass is 10.3. The molecule has 82 valence electrons. The van der Waals surface area contributed by atoms with Gasteiger partial charge in [-0.05, 0) is 18.2 Å². The number of anilines is 1. The van der Waals surface area contributed by atoms with Gasteiger partial charge in [0.05, 0.1) is 11.6 Å². The highest BCUT2D eigenvalue weighted by Gasteiger charge is 2.12. The number of hydrogen-bond acceptors (Lipinski definition) is 3. The largest absolute Gasteiger partial charge is 0.479 e. The second kappa shape index (κ2) is 4.95. The van der Waals surface area contributed by atoms with Crippen LogP contribution in [0.5, 0.6) is 0 Å². The molecule has 1 atom stereocenters. The first-order chi connectivity index (χ1) is 7.00. The molecule has 1 aromatic carbocycles. The molecule has 0 saturated heterocycles. The summed E-state index contributed by atoms with van der Waals surface area (Å²) in [5.74, 6) is -1.88. The molecule has 0 heterocycles. The molecule has 3 N–H and O–H groups in total. The van der Waals surface area contributed by atoms with Gasteiger partial charge >= 0.3 is 5.97 Å². The van der Waals surface area contributed by atoms with Crippen LogP contribution in [0.15, 0.2) is 18.2 Å². The number of hydrogen-bond donors (Lipinski definition) is 3. The van der Waals surface area contributed by atoms with Crippen molar-refractivity contribution in [2.75, 3.05) is 11.9 Å². The Morgan fingerprint density at radius 1 is 1.60 bits per heavy atom. The van der Waals surface area contributed by atoms with Crippen molar-refractivity contribution in [3.8, 4) is 0 Å². The minimum atomic E-state index is -1.51. The maximum Gasteiger partial charge on any atom is 0.334 e. The highest BCUT2D eigenvalue weighted by atomic mass is 35.5. The average Bonchev–Trinajstić information content (AvgIpc) is 2.19. The molecule has 0 spiro atoms. The van der Waals surface area contributed by atoms with Crippen LogP contribution < -0.4 is 5.32 Å². The molecular weight excluding hydrogens is 225 g/mol. The molecule has 1 aromatic rings. The fourth-order valence-electron chi connectivity index (χ4n) is 0.908. The number of rotatable bonds is 4. The Balaban J connectivity index is 2.58. The van der Waals surface area contributed by atoms with E-state index in [1.54, 1.807) is 0 Å². The van der Waals surface area contributed by atoms with Crippen LogP contribution in [0, 0.1) is 5.82 Å². The smallest absolute Gasteiger partial charge is 0.334 e. The molecule has 4 nitrogen and oxygen atoms in total. The second-order valence-electron chi connectivity index (χ2n) is 2.86. The van der Waals surface area contributed by atoms with Gasteiger partial charge < -0.3 is 15.5 Å². The normalized spacial score (nSPS) is 12.2. The lowest BCUT2D eigenvalue weighted by molar-refractivity contribution is -0.145. The van der Waals surface area contributed by atoms with Crippen molar-refractivity contribution < 1.29 is 19.4 Å². The standard InChI is InChI=1S/C9H9ClFNO3/c10-6-3-5(1-2-7(6)11)12-4-8(13)9(14)15/h1-3,8,12-13H,4H2,(H,14,15). The SMILES string of the molecule is O=C(O)C(O)CNc1ccc(F)c(Cl)c1. The third kappa shape index (κ3) is 3.38. The molecule has 15 heavy (non-hydrogen) atoms. The Hall–Kier alpha value is -1.33. The first-order valence-electron chi connectivity index (χ1n) is 4.10. The van der Waals surface area contributed by atoms with E-state index in [1.807, 2.05) is 0 Å². The van der Waals surface area contributed by atoms with Crippen molar-refractivity contribution in [2.24, 2.45) is 0 Å². The van der Waals surface area contributed by atoms with Crippen LogP contribution in [0.2, 0.25) is 5.02 Å². The van der Waals surface area contributed by atoms with Crippen molar-refractivity contribution in [1.82, 2.24) is 0 Å². The maximum atomic E-state index is 12.7. The van der Waals surface area contributed by atoms with E-state index in [2.05, 4.69) is 5.32 Å². The molecule has 0 amide bonds. The van der Waals surface area contributed by atoms with Gasteiger partial charge in [-0.15, -0.1) is 0 Å². The minimum Gasteiger partial charge on any atom is -0.479 e. The molecule has 0 bridgehead atoms. The number of aliphatic hydroxyl groups excluding tert-OH is 1. The van der Waals surface area contributed by atoms with E-state index < -0.39 is 17.9 Å². The number of carboxylic acids is 1. The summed E-state index contributed by atoms with van der Waals surface area (Å²) in [7, 11) is 0. The molecule has 0 fully saturated rings. The highest BCUT2D eigenvalue weighted by molar-refractivity contribution is 6.31. The zero-order chi connectivity index (χ0) is 11.4. The average molecular weight is 234 g/mol. The lowest BCUT2D eigenvalue weighted by Crippen LogP contribution is -2.28. The summed E-state index contributed by atoms with van der Waals surface area (Å²) >= 11 is 5.50. The van der Waals surface area contributed by atoms with Crippen LogP contribution >= 0.6 is 11.6 Å². The number of nitrogens with one attached hydrogen (secondary N) is 1. The second-order valence-corrected chi connectivity index (χ2v) is 3.27. The quantitative estimate of drug-likeness (QED) is 0.734. The van der Waals surface area contributed by atoms with Crippen LogP contribution in [-0.2, 0) is 4.79 Å². The van der Waals surface area contributed by atoms with Gasteiger partial charge in [0.1, 0.15) is 5.82 Å². The molecule has 0 radical (unpaired) electrons. The van der Waals surface area contributed by atoms with E-state index in [9.17, 15) is 9.18 Å². The van der Waals surface area contributed by atoms with E-state index in [1.165, 1.54) is 12.1 Å². The molecular formula is C9H9ClFNO3. The molecule has 0 aliphatic rings. The van der Waals surface area contributed by atoms with E-state index in [0.29, 0.717) is 5.69 Å². The maximum absolute atomic E-state index is 12.7. The van der Waals surface area contributed by atoms with Crippen molar-refractivity contribution >= 4 is 23.3 Å². The van der Waals surface area contributed by atoms with Crippen LogP contribution in [0.3, 0.4) is 0 Å². The Bertz CT molecular complexity index is 372. The topological polar surface area (TPSA) is 69.6 Å². The predicted octanol–water partition coefficient (Wildman–Crippen LogP) is 1.34. The third-order valence-electron chi connectivity index (χ3n) is 1.70. The van der Waals surface area contributed by atoms with Gasteiger partial charge in [0.15, 0.2) is 6.10 Å². The van der Waals surface area contributed by atoms with E-state index in [0.717, 1.165) is 6.07 Å². The first kappa shape index (κ1) is 11.7. The van der Waals surface area contributed by atoms with Gasteiger partial charge in [0.2, 0.25) is 0 Å². The molecule has 0 aromatic heterocycles. The first-order valence-corrected chi connectivity index (χ1v) is 4.48. The van der Waals surface area contributed by atoms with Gasteiger partial charge in [-0.1, -0.05) is 11.6 Å². The van der Waals surface area contributed by atoms with Crippen molar-refractivity contribution in [3.05, 3.63) is 29.0 Å². The van der Waals surface area contributed by atoms with Crippen LogP contribution in [0.1, 0.15) is 0 Å². The van der Waals surface area contributed by atoms with Gasteiger partial charge in [-0.2, -0.15) is 0 Å². The molecule has 1 unspecified atom stereocenters. The Labute approximate surface area is 90.3 Å². The van der Waals surface area contributed by atoms with Crippen molar-refractivity contribution in [3.63, 3.8) is 0 Å². The third-order valence-corrected chi connectivity index (χ3v) is 1.99.